The molecule has 0 fully saturated rings. The normalized spacial score (nSPS) is 13.2. The summed E-state index contributed by atoms with van der Waals surface area (Å²) >= 11 is 0. The summed E-state index contributed by atoms with van der Waals surface area (Å²) in [5.41, 5.74) is 4.67. The van der Waals surface area contributed by atoms with Crippen LogP contribution in [0.4, 0.5) is 0 Å². The number of aliphatic carboxylic acids is 1. The minimum absolute atomic E-state index is 0.146. The number of nitrogens with zero attached hydrogens (tertiary/aromatic N) is 1. The maximum Gasteiger partial charge on any atom is 0.305 e. The van der Waals surface area contributed by atoms with Gasteiger partial charge in [0.2, 0.25) is 5.91 Å². The Morgan fingerprint density at radius 1 is 1.14 bits per heavy atom. The van der Waals surface area contributed by atoms with E-state index in [1.54, 1.807) is 12.4 Å². The Morgan fingerprint density at radius 3 is 2.36 bits per heavy atom. The number of carbonyl (C=O) groups excluding carboxylic acids is 1. The van der Waals surface area contributed by atoms with E-state index in [1.165, 1.54) is 0 Å². The fraction of sp³-hybridized carbons (Fsp3) is 0.409. The number of hydrogen-bond acceptors (Lipinski definition) is 4. The van der Waals surface area contributed by atoms with E-state index in [2.05, 4.69) is 10.3 Å². The summed E-state index contributed by atoms with van der Waals surface area (Å²) < 4.78 is 0. The average Bonchev–Trinajstić information content (AvgIpc) is 2.60. The zero-order valence-corrected chi connectivity index (χ0v) is 16.8. The highest BCUT2D eigenvalue weighted by Crippen LogP contribution is 2.29. The molecule has 1 aromatic carbocycles. The Balaban J connectivity index is 2.34. The molecule has 0 spiro atoms. The Hall–Kier alpha value is -2.73. The molecule has 6 heteroatoms. The van der Waals surface area contributed by atoms with Crippen molar-refractivity contribution in [2.24, 2.45) is 5.92 Å². The van der Waals surface area contributed by atoms with Crippen LogP contribution in [-0.2, 0) is 9.59 Å². The molecule has 28 heavy (non-hydrogen) atoms. The van der Waals surface area contributed by atoms with Gasteiger partial charge in [-0.05, 0) is 54.5 Å². The fourth-order valence-electron chi connectivity index (χ4n) is 3.30. The van der Waals surface area contributed by atoms with E-state index in [-0.39, 0.29) is 12.3 Å². The second kappa shape index (κ2) is 9.46. The predicted octanol–water partition coefficient (Wildman–Crippen LogP) is 3.40. The van der Waals surface area contributed by atoms with Gasteiger partial charge in [0.1, 0.15) is 6.10 Å². The van der Waals surface area contributed by atoms with Crippen LogP contribution >= 0.6 is 0 Å². The van der Waals surface area contributed by atoms with Crippen molar-refractivity contribution in [2.75, 3.05) is 0 Å². The molecule has 0 bridgehead atoms. The van der Waals surface area contributed by atoms with Crippen LogP contribution in [0.3, 0.4) is 0 Å². The minimum Gasteiger partial charge on any atom is -0.481 e. The molecule has 0 saturated carbocycles. The van der Waals surface area contributed by atoms with Crippen LogP contribution in [0.15, 0.2) is 36.7 Å². The molecule has 0 saturated heterocycles. The number of carbonyl (C=O) groups is 2. The first-order chi connectivity index (χ1) is 13.2. The van der Waals surface area contributed by atoms with Crippen LogP contribution in [0.1, 0.15) is 49.4 Å². The van der Waals surface area contributed by atoms with E-state index in [4.69, 9.17) is 0 Å². The van der Waals surface area contributed by atoms with Gasteiger partial charge in [0.15, 0.2) is 0 Å². The quantitative estimate of drug-likeness (QED) is 0.648. The fourth-order valence-corrected chi connectivity index (χ4v) is 3.30. The van der Waals surface area contributed by atoms with Gasteiger partial charge in [0.05, 0.1) is 12.5 Å². The molecule has 2 aromatic rings. The Bertz CT molecular complexity index is 828. The van der Waals surface area contributed by atoms with Gasteiger partial charge >= 0.3 is 5.97 Å². The van der Waals surface area contributed by atoms with E-state index in [0.717, 1.165) is 22.3 Å². The highest BCUT2D eigenvalue weighted by Gasteiger charge is 2.24. The molecular formula is C22H28N2O4. The van der Waals surface area contributed by atoms with E-state index in [1.807, 2.05) is 52.0 Å². The van der Waals surface area contributed by atoms with Crippen molar-refractivity contribution in [2.45, 2.75) is 52.7 Å². The molecule has 1 amide bonds. The number of benzene rings is 1. The lowest BCUT2D eigenvalue weighted by atomic mass is 9.94. The molecule has 2 atom stereocenters. The zero-order chi connectivity index (χ0) is 20.8. The number of pyridine rings is 1. The molecule has 2 unspecified atom stereocenters. The van der Waals surface area contributed by atoms with Gasteiger partial charge in [-0.1, -0.05) is 32.0 Å². The lowest BCUT2D eigenvalue weighted by Gasteiger charge is -2.21. The second-order valence-corrected chi connectivity index (χ2v) is 7.58. The number of hydrogen-bond donors (Lipinski definition) is 3. The molecule has 1 heterocycles. The molecule has 1 aromatic heterocycles. The standard InChI is InChI=1S/C22H28N2O4/c1-13(2)8-19(25)22(28)24-18(10-20(26)27)16-9-17(12-23-11-16)21-14(3)6-5-7-15(21)4/h5-7,9,11-13,18-19,25H,8,10H2,1-4H3,(H,24,28)(H,26,27). The molecule has 6 nitrogen and oxygen atoms in total. The van der Waals surface area contributed by atoms with Crippen molar-refractivity contribution >= 4 is 11.9 Å². The van der Waals surface area contributed by atoms with Crippen LogP contribution in [0, 0.1) is 19.8 Å². The number of carboxylic acids is 1. The van der Waals surface area contributed by atoms with Gasteiger partial charge in [0, 0.05) is 18.0 Å². The zero-order valence-electron chi connectivity index (χ0n) is 16.8. The number of aromatic nitrogens is 1. The maximum absolute atomic E-state index is 12.3. The van der Waals surface area contributed by atoms with E-state index in [0.29, 0.717) is 12.0 Å². The summed E-state index contributed by atoms with van der Waals surface area (Å²) in [5.74, 6) is -1.47. The number of nitrogens with one attached hydrogen (secondary N) is 1. The second-order valence-electron chi connectivity index (χ2n) is 7.58. The Labute approximate surface area is 165 Å². The van der Waals surface area contributed by atoms with Crippen molar-refractivity contribution < 1.29 is 19.8 Å². The van der Waals surface area contributed by atoms with Crippen molar-refractivity contribution in [3.05, 3.63) is 53.3 Å². The Kier molecular flexibility index (Phi) is 7.29. The molecule has 0 aliphatic carbocycles. The van der Waals surface area contributed by atoms with Crippen LogP contribution in [0.2, 0.25) is 0 Å². The largest absolute Gasteiger partial charge is 0.481 e. The number of aliphatic hydroxyl groups excluding tert-OH is 1. The minimum atomic E-state index is -1.17. The van der Waals surface area contributed by atoms with Crippen molar-refractivity contribution in [3.63, 3.8) is 0 Å². The van der Waals surface area contributed by atoms with E-state index >= 15 is 0 Å². The van der Waals surface area contributed by atoms with Gasteiger partial charge in [-0.3, -0.25) is 14.6 Å². The van der Waals surface area contributed by atoms with Crippen LogP contribution in [-0.4, -0.2) is 33.2 Å². The molecule has 0 radical (unpaired) electrons. The number of rotatable bonds is 8. The first-order valence-electron chi connectivity index (χ1n) is 9.40. The van der Waals surface area contributed by atoms with Crippen molar-refractivity contribution in [3.8, 4) is 11.1 Å². The van der Waals surface area contributed by atoms with Crippen LogP contribution in [0.25, 0.3) is 11.1 Å². The summed E-state index contributed by atoms with van der Waals surface area (Å²) in [6.45, 7) is 7.83. The summed E-state index contributed by atoms with van der Waals surface area (Å²) in [7, 11) is 0. The molecular weight excluding hydrogens is 356 g/mol. The first-order valence-corrected chi connectivity index (χ1v) is 9.40. The van der Waals surface area contributed by atoms with Crippen LogP contribution in [0.5, 0.6) is 0 Å². The monoisotopic (exact) mass is 384 g/mol. The lowest BCUT2D eigenvalue weighted by Crippen LogP contribution is -2.38. The van der Waals surface area contributed by atoms with Gasteiger partial charge in [0.25, 0.3) is 0 Å². The van der Waals surface area contributed by atoms with Gasteiger partial charge in [-0.25, -0.2) is 0 Å². The number of aliphatic hydroxyl groups is 1. The molecule has 0 aliphatic heterocycles. The highest BCUT2D eigenvalue weighted by molar-refractivity contribution is 5.82. The summed E-state index contributed by atoms with van der Waals surface area (Å²) in [6.07, 6.45) is 2.13. The first kappa shape index (κ1) is 21.6. The topological polar surface area (TPSA) is 99.5 Å². The maximum atomic E-state index is 12.3. The molecule has 2 rings (SSSR count). The molecule has 3 N–H and O–H groups in total. The molecule has 0 aliphatic rings. The Morgan fingerprint density at radius 2 is 1.79 bits per heavy atom. The summed E-state index contributed by atoms with van der Waals surface area (Å²) in [6, 6.07) is 7.07. The predicted molar refractivity (Wildman–Crippen MR) is 108 cm³/mol. The summed E-state index contributed by atoms with van der Waals surface area (Å²) in [5, 5.41) is 22.0. The average molecular weight is 384 g/mol. The van der Waals surface area contributed by atoms with Crippen molar-refractivity contribution in [1.29, 1.82) is 0 Å². The smallest absolute Gasteiger partial charge is 0.305 e. The number of amides is 1. The van der Waals surface area contributed by atoms with Gasteiger partial charge in [-0.15, -0.1) is 0 Å². The molecule has 150 valence electrons. The number of aryl methyl sites for hydroxylation is 2. The lowest BCUT2D eigenvalue weighted by molar-refractivity contribution is -0.138. The van der Waals surface area contributed by atoms with Crippen molar-refractivity contribution in [1.82, 2.24) is 10.3 Å². The third-order valence-electron chi connectivity index (χ3n) is 4.62. The third kappa shape index (κ3) is 5.63. The SMILES string of the molecule is Cc1cccc(C)c1-c1cncc(C(CC(=O)O)NC(=O)C(O)CC(C)C)c1. The number of carboxylic acid groups (broad SMARTS) is 1. The van der Waals surface area contributed by atoms with E-state index < -0.39 is 24.0 Å². The highest BCUT2D eigenvalue weighted by atomic mass is 16.4. The third-order valence-corrected chi connectivity index (χ3v) is 4.62. The summed E-state index contributed by atoms with van der Waals surface area (Å²) in [4.78, 5) is 27.9. The van der Waals surface area contributed by atoms with Gasteiger partial charge in [-0.2, -0.15) is 0 Å². The van der Waals surface area contributed by atoms with E-state index in [9.17, 15) is 19.8 Å². The van der Waals surface area contributed by atoms with Crippen LogP contribution < -0.4 is 5.32 Å². The van der Waals surface area contributed by atoms with Gasteiger partial charge < -0.3 is 15.5 Å².